The third-order valence-electron chi connectivity index (χ3n) is 4.02. The van der Waals surface area contributed by atoms with Gasteiger partial charge in [0.25, 0.3) is 5.91 Å². The molecule has 2 heterocycles. The lowest BCUT2D eigenvalue weighted by Gasteiger charge is -2.13. The van der Waals surface area contributed by atoms with Crippen molar-refractivity contribution in [2.45, 2.75) is 6.29 Å². The Morgan fingerprint density at radius 3 is 2.61 bits per heavy atom. The molecule has 0 spiro atoms. The summed E-state index contributed by atoms with van der Waals surface area (Å²) in [6.07, 6.45) is 3.97. The predicted molar refractivity (Wildman–Crippen MR) is 96.9 cm³/mol. The van der Waals surface area contributed by atoms with Gasteiger partial charge in [-0.3, -0.25) is 9.78 Å². The Hall–Kier alpha value is -3.17. The van der Waals surface area contributed by atoms with Crippen LogP contribution in [0.25, 0.3) is 16.9 Å². The zero-order valence-electron chi connectivity index (χ0n) is 15.2. The van der Waals surface area contributed by atoms with E-state index in [2.05, 4.69) is 15.4 Å². The van der Waals surface area contributed by atoms with E-state index in [0.29, 0.717) is 16.8 Å². The van der Waals surface area contributed by atoms with Crippen LogP contribution in [0.1, 0.15) is 10.4 Å². The van der Waals surface area contributed by atoms with Crippen molar-refractivity contribution in [3.8, 4) is 16.9 Å². The summed E-state index contributed by atoms with van der Waals surface area (Å²) in [5, 5.41) is 6.76. The molecule has 0 bridgehead atoms. The lowest BCUT2D eigenvalue weighted by molar-refractivity contribution is -0.0974. The third kappa shape index (κ3) is 4.38. The van der Waals surface area contributed by atoms with Crippen LogP contribution in [-0.4, -0.2) is 47.7 Å². The maximum atomic E-state index is 13.9. The van der Waals surface area contributed by atoms with E-state index in [1.54, 1.807) is 18.3 Å². The maximum Gasteiger partial charge on any atom is 0.253 e. The van der Waals surface area contributed by atoms with Crippen LogP contribution in [0.15, 0.2) is 48.9 Å². The van der Waals surface area contributed by atoms with E-state index >= 15 is 0 Å². The first kappa shape index (κ1) is 19.6. The van der Waals surface area contributed by atoms with Gasteiger partial charge < -0.3 is 14.8 Å². The van der Waals surface area contributed by atoms with Gasteiger partial charge in [0.2, 0.25) is 0 Å². The molecule has 1 N–H and O–H groups in total. The molecule has 0 aliphatic carbocycles. The highest BCUT2D eigenvalue weighted by Crippen LogP contribution is 2.20. The first-order valence-corrected chi connectivity index (χ1v) is 8.32. The molecule has 9 heteroatoms. The summed E-state index contributed by atoms with van der Waals surface area (Å²) < 4.78 is 38.2. The highest BCUT2D eigenvalue weighted by Gasteiger charge is 2.12. The lowest BCUT2D eigenvalue weighted by Crippen LogP contribution is -2.34. The molecular weight excluding hydrogens is 370 g/mol. The second-order valence-corrected chi connectivity index (χ2v) is 5.81. The van der Waals surface area contributed by atoms with E-state index in [1.807, 2.05) is 0 Å². The van der Waals surface area contributed by atoms with Crippen LogP contribution in [0, 0.1) is 11.6 Å². The first-order valence-electron chi connectivity index (χ1n) is 8.32. The standard InChI is InChI=1S/C19H18F2N4O3/c1-27-18(28-2)10-23-19(26)12-3-5-16(22-8-12)13-9-24-25(11-13)17-6-4-14(20)7-15(17)21/h3-9,11,18H,10H2,1-2H3,(H,23,26). The Kier molecular flexibility index (Phi) is 6.07. The van der Waals surface area contributed by atoms with Gasteiger partial charge in [-0.25, -0.2) is 13.5 Å². The zero-order valence-corrected chi connectivity index (χ0v) is 15.2. The molecular formula is C19H18F2N4O3. The molecule has 0 atom stereocenters. The Bertz CT molecular complexity index is 956. The number of aromatic nitrogens is 3. The average Bonchev–Trinajstić information content (AvgIpc) is 3.18. The molecule has 0 saturated heterocycles. The largest absolute Gasteiger partial charge is 0.354 e. The molecule has 7 nitrogen and oxygen atoms in total. The summed E-state index contributed by atoms with van der Waals surface area (Å²) in [5.74, 6) is -1.70. The number of methoxy groups -OCH3 is 2. The molecule has 0 saturated carbocycles. The van der Waals surface area contributed by atoms with Gasteiger partial charge in [0.15, 0.2) is 12.1 Å². The molecule has 28 heavy (non-hydrogen) atoms. The summed E-state index contributed by atoms with van der Waals surface area (Å²) in [6.45, 7) is 0.198. The summed E-state index contributed by atoms with van der Waals surface area (Å²) in [6, 6.07) is 6.52. The number of halogens is 2. The Balaban J connectivity index is 1.72. The van der Waals surface area contributed by atoms with Crippen LogP contribution in [0.5, 0.6) is 0 Å². The summed E-state index contributed by atoms with van der Waals surface area (Å²) >= 11 is 0. The summed E-state index contributed by atoms with van der Waals surface area (Å²) in [4.78, 5) is 16.4. The van der Waals surface area contributed by atoms with Crippen molar-refractivity contribution in [3.63, 3.8) is 0 Å². The molecule has 2 aromatic heterocycles. The summed E-state index contributed by atoms with van der Waals surface area (Å²) in [7, 11) is 2.96. The van der Waals surface area contributed by atoms with E-state index < -0.39 is 17.9 Å². The van der Waals surface area contributed by atoms with Crippen LogP contribution in [0.2, 0.25) is 0 Å². The average molecular weight is 388 g/mol. The number of hydrogen-bond donors (Lipinski definition) is 1. The topological polar surface area (TPSA) is 78.3 Å². The molecule has 3 rings (SSSR count). The van der Waals surface area contributed by atoms with Gasteiger partial charge in [0.05, 0.1) is 24.0 Å². The van der Waals surface area contributed by atoms with E-state index in [9.17, 15) is 13.6 Å². The molecule has 146 valence electrons. The lowest BCUT2D eigenvalue weighted by atomic mass is 10.2. The number of pyridine rings is 1. The minimum Gasteiger partial charge on any atom is -0.354 e. The van der Waals surface area contributed by atoms with E-state index in [0.717, 1.165) is 12.1 Å². The van der Waals surface area contributed by atoms with Crippen molar-refractivity contribution in [1.82, 2.24) is 20.1 Å². The quantitative estimate of drug-likeness (QED) is 0.630. The molecule has 0 fully saturated rings. The van der Waals surface area contributed by atoms with Gasteiger partial charge in [-0.15, -0.1) is 0 Å². The molecule has 1 aromatic carbocycles. The van der Waals surface area contributed by atoms with Crippen LogP contribution in [0.4, 0.5) is 8.78 Å². The van der Waals surface area contributed by atoms with Crippen LogP contribution in [-0.2, 0) is 9.47 Å². The number of carbonyl (C=O) groups is 1. The van der Waals surface area contributed by atoms with Gasteiger partial charge in [-0.2, -0.15) is 5.10 Å². The third-order valence-corrected chi connectivity index (χ3v) is 4.02. The van der Waals surface area contributed by atoms with Gasteiger partial charge in [0.1, 0.15) is 11.5 Å². The van der Waals surface area contributed by atoms with Crippen molar-refractivity contribution < 1.29 is 23.0 Å². The number of rotatable bonds is 7. The molecule has 0 aliphatic heterocycles. The number of amides is 1. The van der Waals surface area contributed by atoms with Gasteiger partial charge in [-0.05, 0) is 24.3 Å². The molecule has 0 aliphatic rings. The first-order chi connectivity index (χ1) is 13.5. The zero-order chi connectivity index (χ0) is 20.1. The number of hydrogen-bond acceptors (Lipinski definition) is 5. The Labute approximate surface area is 159 Å². The smallest absolute Gasteiger partial charge is 0.253 e. The predicted octanol–water partition coefficient (Wildman–Crippen LogP) is 2.56. The highest BCUT2D eigenvalue weighted by atomic mass is 19.1. The van der Waals surface area contributed by atoms with Gasteiger partial charge in [0, 0.05) is 38.2 Å². The van der Waals surface area contributed by atoms with Crippen molar-refractivity contribution in [1.29, 1.82) is 0 Å². The fraction of sp³-hybridized carbons (Fsp3) is 0.211. The van der Waals surface area contributed by atoms with Crippen LogP contribution >= 0.6 is 0 Å². The molecule has 0 unspecified atom stereocenters. The molecule has 0 radical (unpaired) electrons. The maximum absolute atomic E-state index is 13.9. The fourth-order valence-corrected chi connectivity index (χ4v) is 2.49. The second-order valence-electron chi connectivity index (χ2n) is 5.81. The van der Waals surface area contributed by atoms with E-state index in [1.165, 1.54) is 37.4 Å². The van der Waals surface area contributed by atoms with Crippen molar-refractivity contribution >= 4 is 5.91 Å². The normalized spacial score (nSPS) is 11.0. The molecule has 1 amide bonds. The monoisotopic (exact) mass is 388 g/mol. The Morgan fingerprint density at radius 1 is 1.18 bits per heavy atom. The molecule has 3 aromatic rings. The van der Waals surface area contributed by atoms with Crippen molar-refractivity contribution in [2.75, 3.05) is 20.8 Å². The summed E-state index contributed by atoms with van der Waals surface area (Å²) in [5.41, 5.74) is 1.66. The van der Waals surface area contributed by atoms with Crippen LogP contribution in [0.3, 0.4) is 0 Å². The minimum atomic E-state index is -0.722. The SMILES string of the molecule is COC(CNC(=O)c1ccc(-c2cnn(-c3ccc(F)cc3F)c2)nc1)OC. The number of carbonyl (C=O) groups excluding carboxylic acids is 1. The fourth-order valence-electron chi connectivity index (χ4n) is 2.49. The van der Waals surface area contributed by atoms with Gasteiger partial charge >= 0.3 is 0 Å². The van der Waals surface area contributed by atoms with Gasteiger partial charge in [-0.1, -0.05) is 0 Å². The Morgan fingerprint density at radius 2 is 1.96 bits per heavy atom. The highest BCUT2D eigenvalue weighted by molar-refractivity contribution is 5.94. The van der Waals surface area contributed by atoms with E-state index in [-0.39, 0.29) is 18.1 Å². The number of benzene rings is 1. The number of ether oxygens (including phenoxy) is 2. The second kappa shape index (κ2) is 8.68. The number of nitrogens with zero attached hydrogens (tertiary/aromatic N) is 3. The minimum absolute atomic E-state index is 0.120. The number of nitrogens with one attached hydrogen (secondary N) is 1. The van der Waals surface area contributed by atoms with Crippen molar-refractivity contribution in [2.24, 2.45) is 0 Å². The van der Waals surface area contributed by atoms with Crippen LogP contribution < -0.4 is 5.32 Å². The van der Waals surface area contributed by atoms with Crippen molar-refractivity contribution in [3.05, 3.63) is 66.1 Å². The van der Waals surface area contributed by atoms with E-state index in [4.69, 9.17) is 9.47 Å².